The van der Waals surface area contributed by atoms with Crippen LogP contribution in [0.25, 0.3) is 0 Å². The Morgan fingerprint density at radius 3 is 3.00 bits per heavy atom. The van der Waals surface area contributed by atoms with Crippen molar-refractivity contribution in [2.24, 2.45) is 7.05 Å². The van der Waals surface area contributed by atoms with Gasteiger partial charge in [0.1, 0.15) is 11.9 Å². The lowest BCUT2D eigenvalue weighted by Gasteiger charge is -2.32. The number of ether oxygens (including phenoxy) is 2. The number of likely N-dealkylation sites (N-methyl/N-ethyl adjacent to an activating group) is 1. The quantitative estimate of drug-likeness (QED) is 0.789. The monoisotopic (exact) mass is 351 g/mol. The Morgan fingerprint density at radius 2 is 2.32 bits per heavy atom. The molecule has 140 valence electrons. The summed E-state index contributed by atoms with van der Waals surface area (Å²) in [5, 5.41) is 4.13. The molecule has 0 aliphatic carbocycles. The Balaban J connectivity index is 1.67. The van der Waals surface area contributed by atoms with E-state index >= 15 is 0 Å². The summed E-state index contributed by atoms with van der Waals surface area (Å²) in [6, 6.07) is 0.485. The van der Waals surface area contributed by atoms with E-state index in [1.807, 2.05) is 0 Å². The molecule has 1 aromatic rings. The first-order chi connectivity index (χ1) is 11.9. The lowest BCUT2D eigenvalue weighted by atomic mass is 10.00. The maximum Gasteiger partial charge on any atom is 0.293 e. The van der Waals surface area contributed by atoms with E-state index < -0.39 is 5.60 Å². The Hall–Kier alpha value is -1.51. The molecule has 2 atom stereocenters. The van der Waals surface area contributed by atoms with Crippen molar-refractivity contribution >= 4 is 5.91 Å². The van der Waals surface area contributed by atoms with E-state index in [1.54, 1.807) is 23.0 Å². The minimum absolute atomic E-state index is 0.156. The van der Waals surface area contributed by atoms with Crippen molar-refractivity contribution in [2.45, 2.75) is 44.4 Å². The molecule has 0 aromatic carbocycles. The van der Waals surface area contributed by atoms with Crippen LogP contribution in [0.5, 0.6) is 0 Å². The molecule has 3 heterocycles. The number of hydrogen-bond acceptors (Lipinski definition) is 6. The number of hydrogen-bond donors (Lipinski definition) is 0. The first kappa shape index (κ1) is 18.3. The number of nitrogens with zero attached hydrogens (tertiary/aromatic N) is 5. The molecule has 0 N–H and O–H groups in total. The molecule has 1 spiro atoms. The van der Waals surface area contributed by atoms with E-state index in [9.17, 15) is 4.79 Å². The predicted octanol–water partition coefficient (Wildman–Crippen LogP) is 0.546. The average Bonchev–Trinajstić information content (AvgIpc) is 3.10. The standard InChI is InChI=1S/C17H29N5O3/c1-13(2)20(3)9-14-5-6-17(25-14)10-22(7-8-24-11-17)16(23)15-18-12-21(4)19-15/h12-14H,5-11H2,1-4H3/t14?,17-/m0/s1. The van der Waals surface area contributed by atoms with Crippen LogP contribution in [0, 0.1) is 0 Å². The molecule has 2 aliphatic heterocycles. The van der Waals surface area contributed by atoms with Gasteiger partial charge in [-0.25, -0.2) is 4.98 Å². The van der Waals surface area contributed by atoms with Gasteiger partial charge in [0.25, 0.3) is 5.91 Å². The van der Waals surface area contributed by atoms with Crippen molar-refractivity contribution in [3.63, 3.8) is 0 Å². The maximum absolute atomic E-state index is 12.7. The largest absolute Gasteiger partial charge is 0.377 e. The molecule has 8 nitrogen and oxygen atoms in total. The summed E-state index contributed by atoms with van der Waals surface area (Å²) in [6.07, 6.45) is 3.62. The molecule has 1 amide bonds. The molecule has 2 aliphatic rings. The first-order valence-corrected chi connectivity index (χ1v) is 8.99. The van der Waals surface area contributed by atoms with Gasteiger partial charge < -0.3 is 19.3 Å². The summed E-state index contributed by atoms with van der Waals surface area (Å²) in [5.74, 6) is 0.0745. The van der Waals surface area contributed by atoms with Crippen molar-refractivity contribution < 1.29 is 14.3 Å². The zero-order valence-electron chi connectivity index (χ0n) is 15.6. The number of carbonyl (C=O) groups excluding carboxylic acids is 1. The number of amides is 1. The van der Waals surface area contributed by atoms with Gasteiger partial charge in [-0.15, -0.1) is 5.10 Å². The minimum Gasteiger partial charge on any atom is -0.377 e. The van der Waals surface area contributed by atoms with Crippen LogP contribution in [0.2, 0.25) is 0 Å². The van der Waals surface area contributed by atoms with Gasteiger partial charge in [-0.2, -0.15) is 0 Å². The second-order valence-corrected chi connectivity index (χ2v) is 7.52. The summed E-state index contributed by atoms with van der Waals surface area (Å²) < 4.78 is 13.7. The summed E-state index contributed by atoms with van der Waals surface area (Å²) in [5.41, 5.74) is -0.413. The van der Waals surface area contributed by atoms with Crippen LogP contribution >= 0.6 is 0 Å². The molecule has 1 unspecified atom stereocenters. The minimum atomic E-state index is -0.413. The fraction of sp³-hybridized carbons (Fsp3) is 0.824. The van der Waals surface area contributed by atoms with Gasteiger partial charge in [0, 0.05) is 26.2 Å². The van der Waals surface area contributed by atoms with Crippen LogP contribution in [0.15, 0.2) is 6.33 Å². The third-order valence-electron chi connectivity index (χ3n) is 5.14. The van der Waals surface area contributed by atoms with E-state index in [-0.39, 0.29) is 17.8 Å². The van der Waals surface area contributed by atoms with Crippen LogP contribution in [-0.4, -0.2) is 88.1 Å². The number of aryl methyl sites for hydroxylation is 1. The highest BCUT2D eigenvalue weighted by Gasteiger charge is 2.44. The molecular weight excluding hydrogens is 322 g/mol. The summed E-state index contributed by atoms with van der Waals surface area (Å²) in [4.78, 5) is 20.9. The Labute approximate surface area is 149 Å². The van der Waals surface area contributed by atoms with E-state index in [4.69, 9.17) is 9.47 Å². The first-order valence-electron chi connectivity index (χ1n) is 8.99. The SMILES string of the molecule is CC(C)N(C)CC1CC[C@]2(COCCN(C(=O)c3ncn(C)n3)C2)O1. The van der Waals surface area contributed by atoms with Gasteiger partial charge >= 0.3 is 0 Å². The van der Waals surface area contributed by atoms with Crippen LogP contribution in [0.3, 0.4) is 0 Å². The fourth-order valence-electron chi connectivity index (χ4n) is 3.44. The van der Waals surface area contributed by atoms with Gasteiger partial charge in [0.05, 0.1) is 25.9 Å². The Bertz CT molecular complexity index is 605. The Kier molecular flexibility index (Phi) is 5.41. The highest BCUT2D eigenvalue weighted by atomic mass is 16.6. The Morgan fingerprint density at radius 1 is 1.52 bits per heavy atom. The second kappa shape index (κ2) is 7.39. The van der Waals surface area contributed by atoms with Crippen LogP contribution in [-0.2, 0) is 16.5 Å². The van der Waals surface area contributed by atoms with Crippen LogP contribution in [0.4, 0.5) is 0 Å². The average molecular weight is 351 g/mol. The summed E-state index contributed by atoms with van der Waals surface area (Å²) in [6.45, 7) is 7.38. The molecule has 2 saturated heterocycles. The van der Waals surface area contributed by atoms with Crippen molar-refractivity contribution in [3.8, 4) is 0 Å². The van der Waals surface area contributed by atoms with Crippen molar-refractivity contribution in [1.29, 1.82) is 0 Å². The van der Waals surface area contributed by atoms with Gasteiger partial charge in [-0.05, 0) is 33.7 Å². The van der Waals surface area contributed by atoms with Crippen molar-refractivity contribution in [1.82, 2.24) is 24.6 Å². The predicted molar refractivity (Wildman–Crippen MR) is 92.3 cm³/mol. The van der Waals surface area contributed by atoms with Gasteiger partial charge in [-0.3, -0.25) is 9.48 Å². The summed E-state index contributed by atoms with van der Waals surface area (Å²) >= 11 is 0. The zero-order valence-corrected chi connectivity index (χ0v) is 15.6. The molecule has 25 heavy (non-hydrogen) atoms. The van der Waals surface area contributed by atoms with Crippen molar-refractivity contribution in [2.75, 3.05) is 39.9 Å². The van der Waals surface area contributed by atoms with Crippen LogP contribution in [0.1, 0.15) is 37.3 Å². The second-order valence-electron chi connectivity index (χ2n) is 7.52. The molecule has 1 aromatic heterocycles. The molecular formula is C17H29N5O3. The highest BCUT2D eigenvalue weighted by molar-refractivity contribution is 5.90. The highest BCUT2D eigenvalue weighted by Crippen LogP contribution is 2.33. The summed E-state index contributed by atoms with van der Waals surface area (Å²) in [7, 11) is 3.87. The number of rotatable bonds is 4. The molecule has 2 fully saturated rings. The lowest BCUT2D eigenvalue weighted by molar-refractivity contribution is -0.0901. The topological polar surface area (TPSA) is 72.7 Å². The van der Waals surface area contributed by atoms with E-state index in [0.29, 0.717) is 32.3 Å². The van der Waals surface area contributed by atoms with Crippen molar-refractivity contribution in [3.05, 3.63) is 12.2 Å². The third-order valence-corrected chi connectivity index (χ3v) is 5.14. The molecule has 0 radical (unpaired) electrons. The molecule has 0 bridgehead atoms. The molecule has 8 heteroatoms. The van der Waals surface area contributed by atoms with Gasteiger partial charge in [-0.1, -0.05) is 0 Å². The van der Waals surface area contributed by atoms with E-state index in [2.05, 4.69) is 35.9 Å². The fourth-order valence-corrected chi connectivity index (χ4v) is 3.44. The number of carbonyl (C=O) groups is 1. The third kappa shape index (κ3) is 4.19. The van der Waals surface area contributed by atoms with Gasteiger partial charge in [0.2, 0.25) is 5.82 Å². The molecule has 0 saturated carbocycles. The van der Waals surface area contributed by atoms with Crippen LogP contribution < -0.4 is 0 Å². The lowest BCUT2D eigenvalue weighted by Crippen LogP contribution is -2.47. The van der Waals surface area contributed by atoms with E-state index in [0.717, 1.165) is 19.4 Å². The molecule has 3 rings (SSSR count). The smallest absolute Gasteiger partial charge is 0.293 e. The maximum atomic E-state index is 12.7. The number of aromatic nitrogens is 3. The van der Waals surface area contributed by atoms with Gasteiger partial charge in [0.15, 0.2) is 0 Å². The zero-order chi connectivity index (χ0) is 18.0. The van der Waals surface area contributed by atoms with E-state index in [1.165, 1.54) is 0 Å². The normalized spacial score (nSPS) is 27.4.